The van der Waals surface area contributed by atoms with Crippen LogP contribution >= 0.6 is 15.9 Å². The Morgan fingerprint density at radius 1 is 1.33 bits per heavy atom. The van der Waals surface area contributed by atoms with Crippen LogP contribution in [0.2, 0.25) is 0 Å². The van der Waals surface area contributed by atoms with E-state index in [4.69, 9.17) is 9.47 Å². The molecule has 0 heterocycles. The van der Waals surface area contributed by atoms with Gasteiger partial charge in [-0.3, -0.25) is 0 Å². The summed E-state index contributed by atoms with van der Waals surface area (Å²) in [6, 6.07) is 4.09. The topological polar surface area (TPSA) is 30.5 Å². The van der Waals surface area contributed by atoms with Gasteiger partial charge < -0.3 is 14.8 Å². The second-order valence-corrected chi connectivity index (χ2v) is 5.42. The summed E-state index contributed by atoms with van der Waals surface area (Å²) in [5, 5.41) is 3.42. The van der Waals surface area contributed by atoms with Crippen molar-refractivity contribution in [3.05, 3.63) is 22.2 Å². The molecule has 0 bridgehead atoms. The van der Waals surface area contributed by atoms with Gasteiger partial charge in [0.15, 0.2) is 11.5 Å². The molecule has 0 saturated carbocycles. The first-order valence-corrected chi connectivity index (χ1v) is 7.07. The van der Waals surface area contributed by atoms with Gasteiger partial charge in [0.05, 0.1) is 18.2 Å². The van der Waals surface area contributed by atoms with E-state index in [0.29, 0.717) is 12.5 Å². The molecule has 0 fully saturated rings. The summed E-state index contributed by atoms with van der Waals surface area (Å²) in [5.41, 5.74) is 1.19. The Morgan fingerprint density at radius 3 is 2.61 bits per heavy atom. The summed E-state index contributed by atoms with van der Waals surface area (Å²) in [5.74, 6) is 2.19. The third-order valence-electron chi connectivity index (χ3n) is 2.45. The summed E-state index contributed by atoms with van der Waals surface area (Å²) in [7, 11) is 1.65. The standard InChI is InChI=1S/C14H22BrNO2/c1-5-18-13-7-11(9-16-8-10(2)3)6-12(15)14(13)17-4/h6-7,10,16H,5,8-9H2,1-4H3. The summed E-state index contributed by atoms with van der Waals surface area (Å²) in [6.07, 6.45) is 0. The third-order valence-corrected chi connectivity index (χ3v) is 3.04. The molecule has 0 amide bonds. The van der Waals surface area contributed by atoms with Crippen LogP contribution in [0.1, 0.15) is 26.3 Å². The number of methoxy groups -OCH3 is 1. The highest BCUT2D eigenvalue weighted by atomic mass is 79.9. The average Bonchev–Trinajstić information content (AvgIpc) is 2.28. The van der Waals surface area contributed by atoms with Crippen molar-refractivity contribution < 1.29 is 9.47 Å². The number of ether oxygens (including phenoxy) is 2. The van der Waals surface area contributed by atoms with Crippen molar-refractivity contribution in [2.24, 2.45) is 5.92 Å². The maximum Gasteiger partial charge on any atom is 0.174 e. The van der Waals surface area contributed by atoms with Crippen molar-refractivity contribution in [1.82, 2.24) is 5.32 Å². The third kappa shape index (κ3) is 4.50. The van der Waals surface area contributed by atoms with Crippen molar-refractivity contribution in [1.29, 1.82) is 0 Å². The van der Waals surface area contributed by atoms with Crippen LogP contribution in [0.4, 0.5) is 0 Å². The normalized spacial score (nSPS) is 10.8. The molecule has 0 aliphatic heterocycles. The van der Waals surface area contributed by atoms with Crippen LogP contribution in [0.3, 0.4) is 0 Å². The quantitative estimate of drug-likeness (QED) is 0.834. The Hall–Kier alpha value is -0.740. The number of nitrogens with one attached hydrogen (secondary N) is 1. The molecule has 18 heavy (non-hydrogen) atoms. The van der Waals surface area contributed by atoms with E-state index in [2.05, 4.69) is 41.2 Å². The Morgan fingerprint density at radius 2 is 2.06 bits per heavy atom. The molecule has 0 unspecified atom stereocenters. The van der Waals surface area contributed by atoms with Gasteiger partial charge in [0.1, 0.15) is 0 Å². The van der Waals surface area contributed by atoms with Crippen LogP contribution in [0.5, 0.6) is 11.5 Å². The van der Waals surface area contributed by atoms with Gasteiger partial charge in [-0.05, 0) is 53.0 Å². The van der Waals surface area contributed by atoms with Crippen LogP contribution in [0.15, 0.2) is 16.6 Å². The van der Waals surface area contributed by atoms with Crippen molar-refractivity contribution in [2.45, 2.75) is 27.3 Å². The molecule has 0 aliphatic rings. The Balaban J connectivity index is 2.80. The van der Waals surface area contributed by atoms with E-state index < -0.39 is 0 Å². The fourth-order valence-electron chi connectivity index (χ4n) is 1.69. The second-order valence-electron chi connectivity index (χ2n) is 4.57. The lowest BCUT2D eigenvalue weighted by Crippen LogP contribution is -2.19. The first kappa shape index (κ1) is 15.3. The van der Waals surface area contributed by atoms with Gasteiger partial charge >= 0.3 is 0 Å². The van der Waals surface area contributed by atoms with E-state index in [1.807, 2.05) is 13.0 Å². The molecule has 102 valence electrons. The molecule has 0 saturated heterocycles. The SMILES string of the molecule is CCOc1cc(CNCC(C)C)cc(Br)c1OC. The molecule has 3 nitrogen and oxygen atoms in total. The molecule has 1 rings (SSSR count). The smallest absolute Gasteiger partial charge is 0.174 e. The fourth-order valence-corrected chi connectivity index (χ4v) is 2.34. The fraction of sp³-hybridized carbons (Fsp3) is 0.571. The Bertz CT molecular complexity index is 380. The first-order chi connectivity index (χ1) is 8.58. The molecule has 0 radical (unpaired) electrons. The maximum atomic E-state index is 5.59. The van der Waals surface area contributed by atoms with Crippen molar-refractivity contribution >= 4 is 15.9 Å². The lowest BCUT2D eigenvalue weighted by Gasteiger charge is -2.14. The average molecular weight is 316 g/mol. The molecule has 1 aromatic rings. The maximum absolute atomic E-state index is 5.59. The minimum Gasteiger partial charge on any atom is -0.492 e. The lowest BCUT2D eigenvalue weighted by molar-refractivity contribution is 0.309. The summed E-state index contributed by atoms with van der Waals surface area (Å²) < 4.78 is 11.9. The van der Waals surface area contributed by atoms with Gasteiger partial charge in [-0.15, -0.1) is 0 Å². The van der Waals surface area contributed by atoms with E-state index in [0.717, 1.165) is 29.1 Å². The zero-order chi connectivity index (χ0) is 13.5. The molecule has 4 heteroatoms. The van der Waals surface area contributed by atoms with Gasteiger partial charge in [-0.25, -0.2) is 0 Å². The highest BCUT2D eigenvalue weighted by molar-refractivity contribution is 9.10. The van der Waals surface area contributed by atoms with E-state index in [1.54, 1.807) is 7.11 Å². The lowest BCUT2D eigenvalue weighted by atomic mass is 10.2. The number of halogens is 1. The monoisotopic (exact) mass is 315 g/mol. The second kappa shape index (κ2) is 7.64. The van der Waals surface area contributed by atoms with Crippen LogP contribution in [0, 0.1) is 5.92 Å². The van der Waals surface area contributed by atoms with Crippen LogP contribution in [0.25, 0.3) is 0 Å². The van der Waals surface area contributed by atoms with E-state index in [-0.39, 0.29) is 0 Å². The highest BCUT2D eigenvalue weighted by Gasteiger charge is 2.10. The van der Waals surface area contributed by atoms with E-state index in [1.165, 1.54) is 5.56 Å². The minimum absolute atomic E-state index is 0.631. The summed E-state index contributed by atoms with van der Waals surface area (Å²) >= 11 is 3.52. The zero-order valence-corrected chi connectivity index (χ0v) is 13.1. The predicted octanol–water partition coefficient (Wildman–Crippen LogP) is 3.60. The highest BCUT2D eigenvalue weighted by Crippen LogP contribution is 2.36. The van der Waals surface area contributed by atoms with Crippen LogP contribution in [-0.2, 0) is 6.54 Å². The number of benzene rings is 1. The van der Waals surface area contributed by atoms with Crippen LogP contribution in [-0.4, -0.2) is 20.3 Å². The van der Waals surface area contributed by atoms with E-state index in [9.17, 15) is 0 Å². The van der Waals surface area contributed by atoms with Gasteiger partial charge in [-0.2, -0.15) is 0 Å². The molecule has 0 aliphatic carbocycles. The number of hydrogen-bond donors (Lipinski definition) is 1. The largest absolute Gasteiger partial charge is 0.492 e. The predicted molar refractivity (Wildman–Crippen MR) is 78.4 cm³/mol. The van der Waals surface area contributed by atoms with Crippen LogP contribution < -0.4 is 14.8 Å². The molecule has 0 aromatic heterocycles. The summed E-state index contributed by atoms with van der Waals surface area (Å²) in [6.45, 7) is 8.84. The molecule has 0 atom stereocenters. The molecular weight excluding hydrogens is 294 g/mol. The van der Waals surface area contributed by atoms with E-state index >= 15 is 0 Å². The molecule has 0 spiro atoms. The Labute approximate surface area is 118 Å². The van der Waals surface area contributed by atoms with Crippen molar-refractivity contribution in [3.8, 4) is 11.5 Å². The first-order valence-electron chi connectivity index (χ1n) is 6.28. The minimum atomic E-state index is 0.631. The molecule has 1 N–H and O–H groups in total. The van der Waals surface area contributed by atoms with Gasteiger partial charge in [-0.1, -0.05) is 13.8 Å². The van der Waals surface area contributed by atoms with Crippen molar-refractivity contribution in [3.63, 3.8) is 0 Å². The van der Waals surface area contributed by atoms with Gasteiger partial charge in [0, 0.05) is 6.54 Å². The molecule has 1 aromatic carbocycles. The number of rotatable bonds is 7. The van der Waals surface area contributed by atoms with Gasteiger partial charge in [0.2, 0.25) is 0 Å². The number of hydrogen-bond acceptors (Lipinski definition) is 3. The van der Waals surface area contributed by atoms with Gasteiger partial charge in [0.25, 0.3) is 0 Å². The van der Waals surface area contributed by atoms with Crippen molar-refractivity contribution in [2.75, 3.05) is 20.3 Å². The summed E-state index contributed by atoms with van der Waals surface area (Å²) in [4.78, 5) is 0. The molecular formula is C14H22BrNO2. The zero-order valence-electron chi connectivity index (χ0n) is 11.5. The Kier molecular flexibility index (Phi) is 6.50.